The molecule has 0 heterocycles. The molecule has 0 aromatic heterocycles. The van der Waals surface area contributed by atoms with E-state index in [1.165, 1.54) is 0 Å². The quantitative estimate of drug-likeness (QED) is 0.368. The molecule has 0 bridgehead atoms. The van der Waals surface area contributed by atoms with E-state index in [4.69, 9.17) is 9.47 Å². The monoisotopic (exact) mass is 336 g/mol. The molecule has 0 N–H and O–H groups in total. The molecule has 0 aromatic carbocycles. The van der Waals surface area contributed by atoms with Gasteiger partial charge in [0.1, 0.15) is 18.3 Å². The molecule has 11 nitrogen and oxygen atoms in total. The molecule has 0 aromatic rings. The van der Waals surface area contributed by atoms with Crippen LogP contribution in [0.3, 0.4) is 0 Å². The summed E-state index contributed by atoms with van der Waals surface area (Å²) in [5, 5.41) is 18.7. The van der Waals surface area contributed by atoms with Crippen LogP contribution in [0.25, 0.3) is 0 Å². The molecule has 0 spiro atoms. The summed E-state index contributed by atoms with van der Waals surface area (Å²) in [7, 11) is 0. The van der Waals surface area contributed by atoms with Crippen LogP contribution in [0, 0.1) is 32.1 Å². The van der Waals surface area contributed by atoms with Crippen molar-refractivity contribution < 1.29 is 34.1 Å². The Balaban J connectivity index is 2.47. The average Bonchev–Trinajstić information content (AvgIpc) is 2.76. The van der Waals surface area contributed by atoms with Gasteiger partial charge in [-0.15, -0.1) is 20.2 Å². The Labute approximate surface area is 132 Å². The fraction of sp³-hybridized carbons (Fsp3) is 0.917. The van der Waals surface area contributed by atoms with Crippen molar-refractivity contribution in [3.8, 4) is 0 Å². The predicted octanol–water partition coefficient (Wildman–Crippen LogP) is 1.75. The Morgan fingerprint density at radius 3 is 1.96 bits per heavy atom. The summed E-state index contributed by atoms with van der Waals surface area (Å²) < 4.78 is 9.96. The van der Waals surface area contributed by atoms with Gasteiger partial charge >= 0.3 is 6.16 Å². The Kier molecular flexibility index (Phi) is 6.79. The molecule has 23 heavy (non-hydrogen) atoms. The van der Waals surface area contributed by atoms with E-state index >= 15 is 0 Å². The molecule has 0 amide bonds. The van der Waals surface area contributed by atoms with Crippen molar-refractivity contribution in [1.29, 1.82) is 0 Å². The van der Waals surface area contributed by atoms with Gasteiger partial charge in [0, 0.05) is 0 Å². The maximum atomic E-state index is 11.5. The topological polar surface area (TPSA) is 140 Å². The summed E-state index contributed by atoms with van der Waals surface area (Å²) in [6.45, 7) is 5.41. The van der Waals surface area contributed by atoms with Crippen molar-refractivity contribution in [3.05, 3.63) is 20.2 Å². The molecule has 1 fully saturated rings. The summed E-state index contributed by atoms with van der Waals surface area (Å²) in [6, 6.07) is 0. The van der Waals surface area contributed by atoms with Crippen LogP contribution in [0.4, 0.5) is 4.79 Å². The first-order valence-electron chi connectivity index (χ1n) is 7.14. The number of rotatable bonds is 8. The fourth-order valence-electron chi connectivity index (χ4n) is 2.14. The second-order valence-electron chi connectivity index (χ2n) is 5.70. The zero-order chi connectivity index (χ0) is 17.6. The highest BCUT2D eigenvalue weighted by Gasteiger charge is 2.40. The van der Waals surface area contributed by atoms with Gasteiger partial charge in [0.25, 0.3) is 10.2 Å². The minimum Gasteiger partial charge on any atom is -0.434 e. The standard InChI is InChI=1S/C12H20N2O9/c1-7(2)8(3)21-12(15)20-6-9-4-10(22-13(16)17)11(5-9)23-14(18)19/h7-11H,4-6H2,1-3H3. The van der Waals surface area contributed by atoms with E-state index in [0.29, 0.717) is 0 Å². The van der Waals surface area contributed by atoms with Crippen molar-refractivity contribution in [2.75, 3.05) is 6.61 Å². The van der Waals surface area contributed by atoms with Gasteiger partial charge in [-0.1, -0.05) is 13.8 Å². The van der Waals surface area contributed by atoms with Crippen LogP contribution in [-0.4, -0.2) is 41.2 Å². The maximum Gasteiger partial charge on any atom is 0.508 e. The van der Waals surface area contributed by atoms with Gasteiger partial charge < -0.3 is 19.1 Å². The molecular formula is C12H20N2O9. The van der Waals surface area contributed by atoms with Crippen LogP contribution in [-0.2, 0) is 19.1 Å². The van der Waals surface area contributed by atoms with Crippen LogP contribution in [0.5, 0.6) is 0 Å². The average molecular weight is 336 g/mol. The summed E-state index contributed by atoms with van der Waals surface area (Å²) in [6.07, 6.45) is -3.11. The molecule has 1 rings (SSSR count). The van der Waals surface area contributed by atoms with Gasteiger partial charge in [0.15, 0.2) is 0 Å². The van der Waals surface area contributed by atoms with Crippen LogP contribution >= 0.6 is 0 Å². The first-order valence-corrected chi connectivity index (χ1v) is 7.14. The summed E-state index contributed by atoms with van der Waals surface area (Å²) in [5.74, 6) is -0.225. The Morgan fingerprint density at radius 2 is 1.57 bits per heavy atom. The van der Waals surface area contributed by atoms with Crippen molar-refractivity contribution in [1.82, 2.24) is 0 Å². The molecule has 1 aliphatic rings. The van der Waals surface area contributed by atoms with Gasteiger partial charge in [-0.2, -0.15) is 0 Å². The number of ether oxygens (including phenoxy) is 2. The highest BCUT2D eigenvalue weighted by Crippen LogP contribution is 2.31. The van der Waals surface area contributed by atoms with E-state index in [0.717, 1.165) is 0 Å². The lowest BCUT2D eigenvalue weighted by atomic mass is 10.1. The first-order chi connectivity index (χ1) is 10.7. The third kappa shape index (κ3) is 6.53. The fourth-order valence-corrected chi connectivity index (χ4v) is 2.14. The van der Waals surface area contributed by atoms with Crippen molar-refractivity contribution in [2.45, 2.75) is 51.9 Å². The SMILES string of the molecule is CC(C)C(C)OC(=O)OCC1CC(O[N+](=O)[O-])C(O[N+](=O)[O-])C1. The summed E-state index contributed by atoms with van der Waals surface area (Å²) in [5.41, 5.74) is 0. The second-order valence-corrected chi connectivity index (χ2v) is 5.70. The van der Waals surface area contributed by atoms with Crippen molar-refractivity contribution in [2.24, 2.45) is 11.8 Å². The van der Waals surface area contributed by atoms with Gasteiger partial charge in [-0.25, -0.2) is 4.79 Å². The molecule has 0 radical (unpaired) electrons. The second kappa shape index (κ2) is 8.34. The molecule has 1 aliphatic carbocycles. The van der Waals surface area contributed by atoms with Crippen LogP contribution in [0.15, 0.2) is 0 Å². The molecule has 11 heteroatoms. The van der Waals surface area contributed by atoms with E-state index in [9.17, 15) is 25.0 Å². The smallest absolute Gasteiger partial charge is 0.434 e. The molecule has 3 atom stereocenters. The lowest BCUT2D eigenvalue weighted by Gasteiger charge is -2.17. The zero-order valence-electron chi connectivity index (χ0n) is 13.1. The Hall–Kier alpha value is -2.33. The predicted molar refractivity (Wildman–Crippen MR) is 73.2 cm³/mol. The number of carbonyl (C=O) groups excluding carboxylic acids is 1. The largest absolute Gasteiger partial charge is 0.508 e. The highest BCUT2D eigenvalue weighted by molar-refractivity contribution is 5.60. The third-order valence-corrected chi connectivity index (χ3v) is 3.65. The summed E-state index contributed by atoms with van der Waals surface area (Å²) >= 11 is 0. The van der Waals surface area contributed by atoms with Crippen LogP contribution < -0.4 is 0 Å². The minimum atomic E-state index is -1.07. The van der Waals surface area contributed by atoms with E-state index in [1.54, 1.807) is 6.92 Å². The number of hydrogen-bond acceptors (Lipinski definition) is 9. The van der Waals surface area contributed by atoms with Crippen molar-refractivity contribution >= 4 is 6.16 Å². The lowest BCUT2D eigenvalue weighted by Crippen LogP contribution is -2.30. The maximum absolute atomic E-state index is 11.5. The molecule has 0 aliphatic heterocycles. The molecule has 132 valence electrons. The first kappa shape index (κ1) is 18.7. The molecule has 1 saturated carbocycles. The Bertz CT molecular complexity index is 418. The van der Waals surface area contributed by atoms with Gasteiger partial charge in [-0.05, 0) is 31.6 Å². The molecule has 0 saturated heterocycles. The minimum absolute atomic E-state index is 0.0845. The third-order valence-electron chi connectivity index (χ3n) is 3.65. The van der Waals surface area contributed by atoms with Gasteiger partial charge in [0.2, 0.25) is 0 Å². The van der Waals surface area contributed by atoms with Crippen LogP contribution in [0.2, 0.25) is 0 Å². The van der Waals surface area contributed by atoms with Crippen LogP contribution in [0.1, 0.15) is 33.6 Å². The normalized spacial score (nSPS) is 24.8. The zero-order valence-corrected chi connectivity index (χ0v) is 13.1. The van der Waals surface area contributed by atoms with Gasteiger partial charge in [-0.3, -0.25) is 0 Å². The summed E-state index contributed by atoms with van der Waals surface area (Å²) in [4.78, 5) is 41.1. The van der Waals surface area contributed by atoms with E-state index in [2.05, 4.69) is 9.68 Å². The highest BCUT2D eigenvalue weighted by atomic mass is 17.0. The van der Waals surface area contributed by atoms with Crippen molar-refractivity contribution in [3.63, 3.8) is 0 Å². The van der Waals surface area contributed by atoms with Gasteiger partial charge in [0.05, 0.1) is 6.61 Å². The Morgan fingerprint density at radius 1 is 1.09 bits per heavy atom. The van der Waals surface area contributed by atoms with E-state index in [1.807, 2.05) is 13.8 Å². The number of nitrogens with zero attached hydrogens (tertiary/aromatic N) is 2. The molecular weight excluding hydrogens is 316 g/mol. The lowest BCUT2D eigenvalue weighted by molar-refractivity contribution is -0.797. The van der Waals surface area contributed by atoms with E-state index < -0.39 is 28.5 Å². The molecule has 3 unspecified atom stereocenters. The number of carbonyl (C=O) groups is 1. The van der Waals surface area contributed by atoms with E-state index in [-0.39, 0.29) is 37.4 Å². The number of hydrogen-bond donors (Lipinski definition) is 0.